The molecular weight excluding hydrogens is 371 g/mol. The van der Waals surface area contributed by atoms with E-state index in [0.29, 0.717) is 13.1 Å². The fourth-order valence-electron chi connectivity index (χ4n) is 2.03. The van der Waals surface area contributed by atoms with Crippen LogP contribution in [0.25, 0.3) is 0 Å². The lowest BCUT2D eigenvalue weighted by Gasteiger charge is -2.15. The van der Waals surface area contributed by atoms with E-state index in [2.05, 4.69) is 20.6 Å². The molecular formula is C16H17ClF3N5O. The van der Waals surface area contributed by atoms with Gasteiger partial charge in [-0.15, -0.1) is 0 Å². The molecule has 6 nitrogen and oxygen atoms in total. The smallest absolute Gasteiger partial charge is 0.349 e. The Morgan fingerprint density at radius 1 is 1.23 bits per heavy atom. The third-order valence-corrected chi connectivity index (χ3v) is 3.53. The van der Waals surface area contributed by atoms with E-state index in [9.17, 15) is 18.0 Å². The lowest BCUT2D eigenvalue weighted by atomic mass is 10.1. The number of rotatable bonds is 6. The number of nitrogens with one attached hydrogen (secondary N) is 2. The number of nitrogens with zero attached hydrogens (tertiary/aromatic N) is 3. The number of carbonyl (C=O) groups excluding carboxylic acids is 1. The maximum Gasteiger partial charge on any atom is 0.418 e. The van der Waals surface area contributed by atoms with Crippen molar-refractivity contribution in [3.63, 3.8) is 0 Å². The van der Waals surface area contributed by atoms with E-state index >= 15 is 0 Å². The van der Waals surface area contributed by atoms with Gasteiger partial charge in [0.25, 0.3) is 5.91 Å². The lowest BCUT2D eigenvalue weighted by Crippen LogP contribution is -2.31. The topological polar surface area (TPSA) is 70.2 Å². The molecule has 0 aliphatic rings. The molecule has 0 saturated carbocycles. The molecule has 0 spiro atoms. The van der Waals surface area contributed by atoms with Crippen molar-refractivity contribution in [2.45, 2.75) is 6.18 Å². The van der Waals surface area contributed by atoms with Crippen molar-refractivity contribution in [1.82, 2.24) is 20.2 Å². The van der Waals surface area contributed by atoms with Crippen LogP contribution in [0.2, 0.25) is 5.02 Å². The molecule has 0 bridgehead atoms. The van der Waals surface area contributed by atoms with E-state index in [-0.39, 0.29) is 22.2 Å². The molecule has 0 atom stereocenters. The molecule has 26 heavy (non-hydrogen) atoms. The Balaban J connectivity index is 2.18. The number of amides is 1. The average molecular weight is 388 g/mol. The van der Waals surface area contributed by atoms with E-state index in [1.807, 2.05) is 19.0 Å². The molecule has 2 rings (SSSR count). The van der Waals surface area contributed by atoms with Crippen molar-refractivity contribution < 1.29 is 18.0 Å². The Bertz CT molecular complexity index is 783. The minimum absolute atomic E-state index is 0.0356. The summed E-state index contributed by atoms with van der Waals surface area (Å²) in [6.07, 6.45) is -3.49. The molecule has 2 N–H and O–H groups in total. The van der Waals surface area contributed by atoms with Gasteiger partial charge in [0, 0.05) is 24.2 Å². The molecule has 1 amide bonds. The molecule has 0 aliphatic carbocycles. The number of hydrogen-bond donors (Lipinski definition) is 2. The van der Waals surface area contributed by atoms with Crippen LogP contribution < -0.4 is 10.6 Å². The van der Waals surface area contributed by atoms with Crippen LogP contribution in [0.4, 0.5) is 24.7 Å². The van der Waals surface area contributed by atoms with Gasteiger partial charge in [0.1, 0.15) is 17.8 Å². The number of anilines is 2. The maximum absolute atomic E-state index is 13.1. The van der Waals surface area contributed by atoms with Gasteiger partial charge >= 0.3 is 6.18 Å². The molecule has 1 aromatic heterocycles. The van der Waals surface area contributed by atoms with Gasteiger partial charge in [-0.25, -0.2) is 9.97 Å². The van der Waals surface area contributed by atoms with Crippen LogP contribution in [-0.4, -0.2) is 48.0 Å². The summed E-state index contributed by atoms with van der Waals surface area (Å²) in [6.45, 7) is 1.05. The first-order valence-corrected chi connectivity index (χ1v) is 7.93. The summed E-state index contributed by atoms with van der Waals surface area (Å²) in [5, 5.41) is 5.19. The molecule has 1 aromatic carbocycles. The van der Waals surface area contributed by atoms with Crippen molar-refractivity contribution >= 4 is 29.0 Å². The van der Waals surface area contributed by atoms with Gasteiger partial charge in [0.2, 0.25) is 0 Å². The third kappa shape index (κ3) is 5.57. The summed E-state index contributed by atoms with van der Waals surface area (Å²) in [4.78, 5) is 21.7. The summed E-state index contributed by atoms with van der Waals surface area (Å²) in [5.74, 6) is -0.380. The Hall–Kier alpha value is -2.39. The van der Waals surface area contributed by atoms with Gasteiger partial charge in [0.15, 0.2) is 0 Å². The normalized spacial score (nSPS) is 11.5. The van der Waals surface area contributed by atoms with E-state index in [1.54, 1.807) is 0 Å². The molecule has 0 saturated heterocycles. The predicted molar refractivity (Wildman–Crippen MR) is 92.7 cm³/mol. The highest BCUT2D eigenvalue weighted by Gasteiger charge is 2.34. The Morgan fingerprint density at radius 2 is 1.96 bits per heavy atom. The largest absolute Gasteiger partial charge is 0.418 e. The molecule has 0 fully saturated rings. The Kier molecular flexibility index (Phi) is 6.38. The molecule has 10 heteroatoms. The number of benzene rings is 1. The standard InChI is InChI=1S/C16H17ClF3N5O/c1-25(2)6-5-21-15(26)13-8-14(23-9-22-13)24-12-4-3-10(17)7-11(12)16(18,19)20/h3-4,7-9H,5-6H2,1-2H3,(H,21,26)(H,22,23,24). The zero-order valence-electron chi connectivity index (χ0n) is 14.1. The number of halogens is 4. The first-order valence-electron chi connectivity index (χ1n) is 7.55. The maximum atomic E-state index is 13.1. The van der Waals surface area contributed by atoms with Gasteiger partial charge in [0.05, 0.1) is 11.3 Å². The Labute approximate surface area is 153 Å². The van der Waals surface area contributed by atoms with E-state index in [0.717, 1.165) is 12.4 Å². The van der Waals surface area contributed by atoms with E-state index in [4.69, 9.17) is 11.6 Å². The van der Waals surface area contributed by atoms with Crippen molar-refractivity contribution in [3.05, 3.63) is 46.9 Å². The van der Waals surface area contributed by atoms with Gasteiger partial charge in [-0.3, -0.25) is 4.79 Å². The van der Waals surface area contributed by atoms with Crippen LogP contribution in [0.3, 0.4) is 0 Å². The van der Waals surface area contributed by atoms with Crippen molar-refractivity contribution in [3.8, 4) is 0 Å². The summed E-state index contributed by atoms with van der Waals surface area (Å²) in [5.41, 5.74) is -1.11. The third-order valence-electron chi connectivity index (χ3n) is 3.29. The number of alkyl halides is 3. The number of carbonyl (C=O) groups is 1. The van der Waals surface area contributed by atoms with E-state index in [1.165, 1.54) is 18.2 Å². The van der Waals surface area contributed by atoms with Crippen LogP contribution in [0, 0.1) is 0 Å². The Morgan fingerprint density at radius 3 is 2.62 bits per heavy atom. The first kappa shape index (κ1) is 19.9. The average Bonchev–Trinajstić information content (AvgIpc) is 2.55. The number of likely N-dealkylation sites (N-methyl/N-ethyl adjacent to an activating group) is 1. The second-order valence-electron chi connectivity index (χ2n) is 5.66. The summed E-state index contributed by atoms with van der Waals surface area (Å²) < 4.78 is 39.4. The van der Waals surface area contributed by atoms with Gasteiger partial charge in [-0.1, -0.05) is 11.6 Å². The second kappa shape index (κ2) is 8.33. The molecule has 140 valence electrons. The highest BCUT2D eigenvalue weighted by Crippen LogP contribution is 2.37. The minimum atomic E-state index is -4.59. The van der Waals surface area contributed by atoms with Crippen LogP contribution in [0.1, 0.15) is 16.1 Å². The molecule has 0 aliphatic heterocycles. The van der Waals surface area contributed by atoms with E-state index < -0.39 is 17.6 Å². The molecule has 0 unspecified atom stereocenters. The van der Waals surface area contributed by atoms with Crippen molar-refractivity contribution in [2.24, 2.45) is 0 Å². The van der Waals surface area contributed by atoms with Gasteiger partial charge in [-0.05, 0) is 32.3 Å². The number of aromatic nitrogens is 2. The fourth-order valence-corrected chi connectivity index (χ4v) is 2.20. The monoisotopic (exact) mass is 387 g/mol. The SMILES string of the molecule is CN(C)CCNC(=O)c1cc(Nc2ccc(Cl)cc2C(F)(F)F)ncn1. The quantitative estimate of drug-likeness (QED) is 0.796. The molecule has 2 aromatic rings. The van der Waals surface area contributed by atoms with Crippen molar-refractivity contribution in [1.29, 1.82) is 0 Å². The highest BCUT2D eigenvalue weighted by atomic mass is 35.5. The van der Waals surface area contributed by atoms with Crippen LogP contribution in [0.15, 0.2) is 30.6 Å². The summed E-state index contributed by atoms with van der Waals surface area (Å²) in [6, 6.07) is 4.62. The predicted octanol–water partition coefficient (Wildman–Crippen LogP) is 3.18. The highest BCUT2D eigenvalue weighted by molar-refractivity contribution is 6.30. The van der Waals surface area contributed by atoms with Crippen molar-refractivity contribution in [2.75, 3.05) is 32.5 Å². The summed E-state index contributed by atoms with van der Waals surface area (Å²) >= 11 is 5.65. The summed E-state index contributed by atoms with van der Waals surface area (Å²) in [7, 11) is 3.73. The molecule has 0 radical (unpaired) electrons. The van der Waals surface area contributed by atoms with Gasteiger partial charge < -0.3 is 15.5 Å². The minimum Gasteiger partial charge on any atom is -0.349 e. The van der Waals surface area contributed by atoms with Crippen LogP contribution in [0.5, 0.6) is 0 Å². The zero-order chi connectivity index (χ0) is 19.3. The first-order chi connectivity index (χ1) is 12.2. The van der Waals surface area contributed by atoms with Gasteiger partial charge in [-0.2, -0.15) is 13.2 Å². The lowest BCUT2D eigenvalue weighted by molar-refractivity contribution is -0.136. The van der Waals surface area contributed by atoms with Crippen LogP contribution in [-0.2, 0) is 6.18 Å². The number of hydrogen-bond acceptors (Lipinski definition) is 5. The zero-order valence-corrected chi connectivity index (χ0v) is 14.8. The second-order valence-corrected chi connectivity index (χ2v) is 6.10. The van der Waals surface area contributed by atoms with Crippen LogP contribution >= 0.6 is 11.6 Å². The fraction of sp³-hybridized carbons (Fsp3) is 0.312. The molecule has 1 heterocycles.